The molecule has 1 heterocycles. The molecule has 0 aliphatic heterocycles. The van der Waals surface area contributed by atoms with Gasteiger partial charge in [0.15, 0.2) is 0 Å². The van der Waals surface area contributed by atoms with Crippen molar-refractivity contribution in [3.05, 3.63) is 59.9 Å². The molecule has 2 rings (SSSR count). The molecule has 0 aliphatic carbocycles. The van der Waals surface area contributed by atoms with Crippen LogP contribution in [0.1, 0.15) is 11.3 Å². The highest BCUT2D eigenvalue weighted by Crippen LogP contribution is 2.11. The normalized spacial score (nSPS) is 9.42. The van der Waals surface area contributed by atoms with Crippen LogP contribution in [0.5, 0.6) is 0 Å². The predicted molar refractivity (Wildman–Crippen MR) is 72.4 cm³/mol. The zero-order chi connectivity index (χ0) is 13.5. The van der Waals surface area contributed by atoms with Gasteiger partial charge >= 0.3 is 6.09 Å². The van der Waals surface area contributed by atoms with E-state index in [0.717, 1.165) is 5.56 Å². The number of nitrogens with zero attached hydrogens (tertiary/aromatic N) is 1. The average molecular weight is 252 g/mol. The van der Waals surface area contributed by atoms with Gasteiger partial charge in [-0.2, -0.15) is 0 Å². The van der Waals surface area contributed by atoms with E-state index in [1.807, 2.05) is 30.3 Å². The minimum Gasteiger partial charge on any atom is -0.444 e. The molecule has 94 valence electrons. The Morgan fingerprint density at radius 2 is 2.05 bits per heavy atom. The van der Waals surface area contributed by atoms with Gasteiger partial charge in [0.1, 0.15) is 12.3 Å². The summed E-state index contributed by atoms with van der Waals surface area (Å²) in [4.78, 5) is 15.6. The fraction of sp³-hybridized carbons (Fsp3) is 0.0667. The van der Waals surface area contributed by atoms with Crippen LogP contribution in [0.4, 0.5) is 10.5 Å². The Labute approximate surface area is 111 Å². The van der Waals surface area contributed by atoms with Gasteiger partial charge in [0.25, 0.3) is 0 Å². The van der Waals surface area contributed by atoms with Crippen molar-refractivity contribution in [2.45, 2.75) is 6.61 Å². The third-order valence-corrected chi connectivity index (χ3v) is 2.39. The van der Waals surface area contributed by atoms with Crippen molar-refractivity contribution < 1.29 is 9.53 Å². The molecule has 1 aromatic heterocycles. The van der Waals surface area contributed by atoms with Gasteiger partial charge in [0.2, 0.25) is 0 Å². The van der Waals surface area contributed by atoms with Crippen LogP contribution < -0.4 is 5.32 Å². The molecule has 0 aliphatic rings. The van der Waals surface area contributed by atoms with E-state index in [0.29, 0.717) is 11.4 Å². The van der Waals surface area contributed by atoms with Crippen LogP contribution in [0.25, 0.3) is 0 Å². The van der Waals surface area contributed by atoms with Crippen LogP contribution in [-0.4, -0.2) is 11.1 Å². The largest absolute Gasteiger partial charge is 0.444 e. The van der Waals surface area contributed by atoms with Crippen LogP contribution in [0.2, 0.25) is 0 Å². The quantitative estimate of drug-likeness (QED) is 0.854. The number of terminal acetylenes is 1. The number of carbonyl (C=O) groups is 1. The van der Waals surface area contributed by atoms with Crippen molar-refractivity contribution in [1.82, 2.24) is 4.98 Å². The first-order valence-electron chi connectivity index (χ1n) is 5.69. The highest BCUT2D eigenvalue weighted by atomic mass is 16.5. The molecular formula is C15H12N2O2. The lowest BCUT2D eigenvalue weighted by molar-refractivity contribution is 0.155. The molecule has 0 saturated carbocycles. The topological polar surface area (TPSA) is 51.2 Å². The van der Waals surface area contributed by atoms with E-state index >= 15 is 0 Å². The van der Waals surface area contributed by atoms with Gasteiger partial charge in [-0.05, 0) is 23.6 Å². The van der Waals surface area contributed by atoms with Gasteiger partial charge in [-0.1, -0.05) is 30.3 Å². The number of rotatable bonds is 3. The zero-order valence-corrected chi connectivity index (χ0v) is 10.2. The Bertz CT molecular complexity index is 603. The number of pyridine rings is 1. The van der Waals surface area contributed by atoms with Crippen LogP contribution in [0.3, 0.4) is 0 Å². The summed E-state index contributed by atoms with van der Waals surface area (Å²) < 4.78 is 5.09. The number of amides is 1. The number of nitrogens with one attached hydrogen (secondary N) is 1. The molecule has 0 radical (unpaired) electrons. The standard InChI is InChI=1S/C15H12N2O2/c1-2-13-14(9-6-10-16-13)17-15(18)19-11-12-7-4-3-5-8-12/h1,3-10H,11H2,(H,17,18). The van der Waals surface area contributed by atoms with E-state index in [9.17, 15) is 4.79 Å². The molecule has 1 N–H and O–H groups in total. The molecule has 0 saturated heterocycles. The van der Waals surface area contributed by atoms with Gasteiger partial charge in [-0.15, -0.1) is 6.42 Å². The summed E-state index contributed by atoms with van der Waals surface area (Å²) >= 11 is 0. The summed E-state index contributed by atoms with van der Waals surface area (Å²) in [6.45, 7) is 0.207. The Balaban J connectivity index is 1.93. The van der Waals surface area contributed by atoms with E-state index in [2.05, 4.69) is 16.2 Å². The lowest BCUT2D eigenvalue weighted by Crippen LogP contribution is -2.14. The van der Waals surface area contributed by atoms with E-state index in [1.165, 1.54) is 0 Å². The van der Waals surface area contributed by atoms with Crippen molar-refractivity contribution >= 4 is 11.8 Å². The van der Waals surface area contributed by atoms with E-state index in [-0.39, 0.29) is 6.61 Å². The molecule has 1 amide bonds. The number of aromatic nitrogens is 1. The summed E-state index contributed by atoms with van der Waals surface area (Å²) in [5, 5.41) is 2.57. The molecule has 0 unspecified atom stereocenters. The van der Waals surface area contributed by atoms with Crippen LogP contribution in [-0.2, 0) is 11.3 Å². The summed E-state index contributed by atoms with van der Waals surface area (Å²) in [6.07, 6.45) is 6.29. The summed E-state index contributed by atoms with van der Waals surface area (Å²) in [6, 6.07) is 12.8. The second-order valence-electron chi connectivity index (χ2n) is 3.73. The SMILES string of the molecule is C#Cc1ncccc1NC(=O)OCc1ccccc1. The van der Waals surface area contributed by atoms with Crippen LogP contribution in [0.15, 0.2) is 48.7 Å². The van der Waals surface area contributed by atoms with Gasteiger partial charge < -0.3 is 4.74 Å². The first kappa shape index (κ1) is 12.7. The van der Waals surface area contributed by atoms with Gasteiger partial charge in [-0.3, -0.25) is 5.32 Å². The zero-order valence-electron chi connectivity index (χ0n) is 10.2. The molecule has 0 atom stereocenters. The fourth-order valence-electron chi connectivity index (χ4n) is 1.49. The smallest absolute Gasteiger partial charge is 0.412 e. The molecule has 0 spiro atoms. The molecular weight excluding hydrogens is 240 g/mol. The Hall–Kier alpha value is -2.80. The van der Waals surface area contributed by atoms with Crippen molar-refractivity contribution in [2.24, 2.45) is 0 Å². The highest BCUT2D eigenvalue weighted by Gasteiger charge is 2.07. The minimum absolute atomic E-state index is 0.207. The number of ether oxygens (including phenoxy) is 1. The molecule has 1 aromatic carbocycles. The van der Waals surface area contributed by atoms with E-state index in [1.54, 1.807) is 18.3 Å². The molecule has 19 heavy (non-hydrogen) atoms. The maximum atomic E-state index is 11.6. The molecule has 0 bridgehead atoms. The molecule has 4 heteroatoms. The second kappa shape index (κ2) is 6.22. The summed E-state index contributed by atoms with van der Waals surface area (Å²) in [5.41, 5.74) is 1.75. The second-order valence-corrected chi connectivity index (χ2v) is 3.73. The number of benzene rings is 1. The number of hydrogen-bond acceptors (Lipinski definition) is 3. The Morgan fingerprint density at radius 3 is 2.79 bits per heavy atom. The van der Waals surface area contributed by atoms with Crippen LogP contribution in [0, 0.1) is 12.3 Å². The van der Waals surface area contributed by atoms with Crippen LogP contribution >= 0.6 is 0 Å². The Kier molecular flexibility index (Phi) is 4.14. The van der Waals surface area contributed by atoms with Crippen molar-refractivity contribution in [1.29, 1.82) is 0 Å². The van der Waals surface area contributed by atoms with Gasteiger partial charge in [-0.25, -0.2) is 9.78 Å². The highest BCUT2D eigenvalue weighted by molar-refractivity contribution is 5.86. The first-order valence-corrected chi connectivity index (χ1v) is 5.69. The van der Waals surface area contributed by atoms with Crippen molar-refractivity contribution in [3.8, 4) is 12.3 Å². The lowest BCUT2D eigenvalue weighted by Gasteiger charge is -2.07. The third kappa shape index (κ3) is 3.58. The summed E-state index contributed by atoms with van der Waals surface area (Å²) in [5.74, 6) is 2.39. The van der Waals surface area contributed by atoms with E-state index < -0.39 is 6.09 Å². The molecule has 2 aromatic rings. The Morgan fingerprint density at radius 1 is 1.26 bits per heavy atom. The maximum absolute atomic E-state index is 11.6. The fourth-order valence-corrected chi connectivity index (χ4v) is 1.49. The van der Waals surface area contributed by atoms with E-state index in [4.69, 9.17) is 11.2 Å². The van der Waals surface area contributed by atoms with Crippen molar-refractivity contribution in [2.75, 3.05) is 5.32 Å². The maximum Gasteiger partial charge on any atom is 0.412 e. The molecule has 0 fully saturated rings. The average Bonchev–Trinajstić information content (AvgIpc) is 2.47. The number of anilines is 1. The van der Waals surface area contributed by atoms with Gasteiger partial charge in [0.05, 0.1) is 5.69 Å². The first-order chi connectivity index (χ1) is 9.29. The number of carbonyl (C=O) groups excluding carboxylic acids is 1. The van der Waals surface area contributed by atoms with Crippen molar-refractivity contribution in [3.63, 3.8) is 0 Å². The number of hydrogen-bond donors (Lipinski definition) is 1. The van der Waals surface area contributed by atoms with Gasteiger partial charge in [0, 0.05) is 6.20 Å². The predicted octanol–water partition coefficient (Wildman–Crippen LogP) is 2.81. The molecule has 4 nitrogen and oxygen atoms in total. The lowest BCUT2D eigenvalue weighted by atomic mass is 10.2. The minimum atomic E-state index is -0.562. The summed E-state index contributed by atoms with van der Waals surface area (Å²) in [7, 11) is 0. The monoisotopic (exact) mass is 252 g/mol. The third-order valence-electron chi connectivity index (χ3n) is 2.39.